The molecule has 11 heteroatoms. The van der Waals surface area contributed by atoms with Crippen LogP contribution in [0.3, 0.4) is 0 Å². The second kappa shape index (κ2) is 11.4. The Morgan fingerprint density at radius 2 is 1.86 bits per heavy atom. The lowest BCUT2D eigenvalue weighted by Gasteiger charge is -2.16. The van der Waals surface area contributed by atoms with Crippen LogP contribution in [0.1, 0.15) is 33.2 Å². The smallest absolute Gasteiger partial charge is 0.259 e. The average molecular weight is 535 g/mol. The van der Waals surface area contributed by atoms with Gasteiger partial charge in [-0.3, -0.25) is 15.0 Å². The number of ether oxygens (including phenoxy) is 1. The van der Waals surface area contributed by atoms with Crippen molar-refractivity contribution in [3.63, 3.8) is 0 Å². The van der Waals surface area contributed by atoms with Gasteiger partial charge >= 0.3 is 0 Å². The summed E-state index contributed by atoms with van der Waals surface area (Å²) in [6, 6.07) is 7.58. The average Bonchev–Trinajstić information content (AvgIpc) is 3.67. The number of rotatable bonds is 8. The molecule has 0 radical (unpaired) electrons. The zero-order valence-electron chi connectivity index (χ0n) is 18.9. The van der Waals surface area contributed by atoms with Crippen molar-refractivity contribution in [1.82, 2.24) is 10.2 Å². The van der Waals surface area contributed by atoms with E-state index in [1.165, 1.54) is 31.4 Å². The Labute approximate surface area is 217 Å². The molecule has 1 aliphatic rings. The summed E-state index contributed by atoms with van der Waals surface area (Å²) in [5.74, 6) is -0.544. The summed E-state index contributed by atoms with van der Waals surface area (Å²) in [7, 11) is 1.38. The van der Waals surface area contributed by atoms with E-state index in [4.69, 9.17) is 44.9 Å². The molecular formula is C24H22Cl3N5O3. The Balaban J connectivity index is 1.92. The largest absolute Gasteiger partial charge is 0.494 e. The Bertz CT molecular complexity index is 1270. The topological polar surface area (TPSA) is 107 Å². The van der Waals surface area contributed by atoms with Crippen molar-refractivity contribution in [2.75, 3.05) is 25.5 Å². The highest BCUT2D eigenvalue weighted by atomic mass is 35.5. The molecule has 1 aliphatic heterocycles. The van der Waals surface area contributed by atoms with E-state index in [2.05, 4.69) is 22.3 Å². The fourth-order valence-electron chi connectivity index (χ4n) is 3.05. The molecule has 0 bridgehead atoms. The van der Waals surface area contributed by atoms with Crippen LogP contribution in [0.4, 0.5) is 5.69 Å². The third kappa shape index (κ3) is 6.63. The van der Waals surface area contributed by atoms with Gasteiger partial charge < -0.3 is 20.3 Å². The molecule has 182 valence electrons. The van der Waals surface area contributed by atoms with Crippen LogP contribution in [-0.4, -0.2) is 49.5 Å². The van der Waals surface area contributed by atoms with Gasteiger partial charge in [0.05, 0.1) is 28.9 Å². The van der Waals surface area contributed by atoms with Gasteiger partial charge in [-0.25, -0.2) is 4.99 Å². The highest BCUT2D eigenvalue weighted by molar-refractivity contribution is 6.35. The summed E-state index contributed by atoms with van der Waals surface area (Å²) in [5, 5.41) is 14.3. The van der Waals surface area contributed by atoms with Gasteiger partial charge in [0.25, 0.3) is 11.8 Å². The molecule has 2 aromatic rings. The van der Waals surface area contributed by atoms with Gasteiger partial charge in [-0.15, -0.1) is 0 Å². The molecule has 2 amide bonds. The molecule has 2 aromatic carbocycles. The lowest BCUT2D eigenvalue weighted by Crippen LogP contribution is -2.24. The predicted octanol–water partition coefficient (Wildman–Crippen LogP) is 5.31. The number of nitrogens with zero attached hydrogens (tertiary/aromatic N) is 2. The summed E-state index contributed by atoms with van der Waals surface area (Å²) in [6.07, 6.45) is 3.02. The molecule has 3 rings (SSSR count). The molecule has 1 fully saturated rings. The molecular weight excluding hydrogens is 513 g/mol. The fourth-order valence-corrected chi connectivity index (χ4v) is 3.58. The molecule has 0 atom stereocenters. The van der Waals surface area contributed by atoms with Crippen molar-refractivity contribution in [2.24, 2.45) is 4.99 Å². The molecule has 0 aliphatic carbocycles. The first kappa shape index (κ1) is 26.3. The molecule has 8 nitrogen and oxygen atoms in total. The zero-order valence-corrected chi connectivity index (χ0v) is 21.2. The Kier molecular flexibility index (Phi) is 8.56. The molecule has 0 aromatic heterocycles. The predicted molar refractivity (Wildman–Crippen MR) is 141 cm³/mol. The van der Waals surface area contributed by atoms with Crippen molar-refractivity contribution in [2.45, 2.75) is 6.92 Å². The normalized spacial score (nSPS) is 13.2. The summed E-state index contributed by atoms with van der Waals surface area (Å²) in [6.45, 7) is 6.74. The first-order chi connectivity index (χ1) is 16.6. The van der Waals surface area contributed by atoms with Crippen LogP contribution in [0.15, 0.2) is 58.3 Å². The van der Waals surface area contributed by atoms with Gasteiger partial charge in [-0.2, -0.15) is 0 Å². The number of amidine groups is 1. The number of allylic oxidation sites excluding steroid dienone is 3. The quantitative estimate of drug-likeness (QED) is 0.185. The lowest BCUT2D eigenvalue weighted by atomic mass is 10.1. The highest BCUT2D eigenvalue weighted by Crippen LogP contribution is 2.34. The number of aliphatic imine (C=N–C) groups is 1. The Morgan fingerprint density at radius 3 is 2.43 bits per heavy atom. The maximum atomic E-state index is 13.1. The molecule has 1 heterocycles. The molecule has 0 spiro atoms. The summed E-state index contributed by atoms with van der Waals surface area (Å²) in [5.41, 5.74) is 0.878. The first-order valence-electron chi connectivity index (χ1n) is 10.3. The molecule has 0 saturated carbocycles. The van der Waals surface area contributed by atoms with Crippen LogP contribution >= 0.6 is 34.8 Å². The summed E-state index contributed by atoms with van der Waals surface area (Å²) >= 11 is 18.4. The van der Waals surface area contributed by atoms with Crippen molar-refractivity contribution < 1.29 is 14.3 Å². The second-order valence-corrected chi connectivity index (χ2v) is 8.87. The van der Waals surface area contributed by atoms with Crippen LogP contribution < -0.4 is 15.4 Å². The maximum absolute atomic E-state index is 13.1. The van der Waals surface area contributed by atoms with E-state index in [9.17, 15) is 9.59 Å². The third-order valence-electron chi connectivity index (χ3n) is 4.90. The van der Waals surface area contributed by atoms with Crippen LogP contribution in [0.2, 0.25) is 10.0 Å². The fraction of sp³-hybridized carbons (Fsp3) is 0.167. The number of amides is 2. The number of carbonyl (C=O) groups excluding carboxylic acids is 2. The minimum absolute atomic E-state index is 0.0277. The van der Waals surface area contributed by atoms with Gasteiger partial charge in [0.1, 0.15) is 17.4 Å². The Hall–Kier alpha value is -3.33. The maximum Gasteiger partial charge on any atom is 0.259 e. The van der Waals surface area contributed by atoms with Crippen molar-refractivity contribution in [3.05, 3.63) is 80.1 Å². The van der Waals surface area contributed by atoms with Crippen molar-refractivity contribution in [3.8, 4) is 5.75 Å². The monoisotopic (exact) mass is 533 g/mol. The van der Waals surface area contributed by atoms with Crippen LogP contribution in [-0.2, 0) is 0 Å². The van der Waals surface area contributed by atoms with E-state index in [0.717, 1.165) is 13.1 Å². The molecule has 0 unspecified atom stereocenters. The molecule has 3 N–H and O–H groups in total. The van der Waals surface area contributed by atoms with E-state index in [-0.39, 0.29) is 38.4 Å². The van der Waals surface area contributed by atoms with Crippen molar-refractivity contribution >= 4 is 64.9 Å². The minimum Gasteiger partial charge on any atom is -0.494 e. The van der Waals surface area contributed by atoms with Gasteiger partial charge in [0, 0.05) is 34.8 Å². The van der Waals surface area contributed by atoms with E-state index >= 15 is 0 Å². The minimum atomic E-state index is -0.617. The summed E-state index contributed by atoms with van der Waals surface area (Å²) in [4.78, 5) is 31.8. The first-order valence-corrected chi connectivity index (χ1v) is 11.4. The van der Waals surface area contributed by atoms with Gasteiger partial charge in [0.15, 0.2) is 0 Å². The summed E-state index contributed by atoms with van der Waals surface area (Å²) < 4.78 is 5.35. The van der Waals surface area contributed by atoms with Crippen LogP contribution in [0, 0.1) is 5.41 Å². The SMILES string of the molecule is C=N/C(=C\C=C(/C)Cl)NC(=O)c1cc(Cl)cc(OC)c1NC(=O)c1ccc(C(=N)N2CC2)cc1Cl. The number of hydrogen-bond acceptors (Lipinski definition) is 5. The number of methoxy groups -OCH3 is 1. The standard InChI is InChI=1S/C24H22Cl3N5O3/c1-13(25)4-7-20(29-2)30-24(34)17-11-15(26)12-19(35-3)21(17)31-23(33)16-6-5-14(10-18(16)27)22(28)32-8-9-32/h4-7,10-12,28H,2,8-9H2,1,3H3,(H,30,34)(H,31,33)/b13-4+,20-7+,28-22?. The number of nitrogens with one attached hydrogen (secondary N) is 3. The van der Waals surface area contributed by atoms with Crippen LogP contribution in [0.5, 0.6) is 5.75 Å². The van der Waals surface area contributed by atoms with Gasteiger partial charge in [-0.05, 0) is 44.0 Å². The van der Waals surface area contributed by atoms with E-state index in [1.54, 1.807) is 25.1 Å². The number of benzene rings is 2. The number of carbonyl (C=O) groups is 2. The number of hydrogen-bond donors (Lipinski definition) is 3. The zero-order chi connectivity index (χ0) is 25.7. The lowest BCUT2D eigenvalue weighted by molar-refractivity contribution is 0.0966. The van der Waals surface area contributed by atoms with Crippen molar-refractivity contribution in [1.29, 1.82) is 5.41 Å². The van der Waals surface area contributed by atoms with E-state index in [0.29, 0.717) is 16.4 Å². The van der Waals surface area contributed by atoms with Gasteiger partial charge in [-0.1, -0.05) is 40.9 Å². The molecule has 35 heavy (non-hydrogen) atoms. The Morgan fingerprint density at radius 1 is 1.14 bits per heavy atom. The van der Waals surface area contributed by atoms with Crippen LogP contribution in [0.25, 0.3) is 0 Å². The number of halogens is 3. The third-order valence-corrected chi connectivity index (χ3v) is 5.56. The number of anilines is 1. The van der Waals surface area contributed by atoms with E-state index in [1.807, 2.05) is 4.90 Å². The van der Waals surface area contributed by atoms with E-state index < -0.39 is 11.8 Å². The van der Waals surface area contributed by atoms with Gasteiger partial charge in [0.2, 0.25) is 0 Å². The highest BCUT2D eigenvalue weighted by Gasteiger charge is 2.24. The molecule has 1 saturated heterocycles. The second-order valence-electron chi connectivity index (χ2n) is 7.43.